The van der Waals surface area contributed by atoms with Gasteiger partial charge in [0.2, 0.25) is 0 Å². The van der Waals surface area contributed by atoms with E-state index >= 15 is 0 Å². The highest BCUT2D eigenvalue weighted by atomic mass is 16.5. The second-order valence-corrected chi connectivity index (χ2v) is 7.22. The van der Waals surface area contributed by atoms with Crippen LogP contribution in [0, 0.1) is 0 Å². The van der Waals surface area contributed by atoms with Crippen molar-refractivity contribution in [3.63, 3.8) is 0 Å². The smallest absolute Gasteiger partial charge is 0.336 e. The maximum atomic E-state index is 12.1. The lowest BCUT2D eigenvalue weighted by molar-refractivity contribution is -0.145. The maximum Gasteiger partial charge on any atom is 0.336 e. The molecule has 0 N–H and O–H groups in total. The molecule has 0 unspecified atom stereocenters. The number of carbonyl (C=O) groups is 1. The summed E-state index contributed by atoms with van der Waals surface area (Å²) in [5, 5.41) is 0.827. The summed E-state index contributed by atoms with van der Waals surface area (Å²) in [4.78, 5) is 24.0. The molecule has 1 aliphatic rings. The Kier molecular flexibility index (Phi) is 6.02. The van der Waals surface area contributed by atoms with Crippen LogP contribution >= 0.6 is 0 Å². The molecule has 0 radical (unpaired) electrons. The first-order valence-corrected chi connectivity index (χ1v) is 10.2. The molecule has 1 aromatic heterocycles. The first-order chi connectivity index (χ1) is 14.6. The molecule has 3 aromatic rings. The molecule has 6 heteroatoms. The predicted octanol–water partition coefficient (Wildman–Crippen LogP) is 4.19. The van der Waals surface area contributed by atoms with Crippen molar-refractivity contribution in [2.45, 2.75) is 39.2 Å². The third kappa shape index (κ3) is 4.64. The van der Waals surface area contributed by atoms with E-state index in [1.807, 2.05) is 25.1 Å². The van der Waals surface area contributed by atoms with Gasteiger partial charge in [0.05, 0.1) is 19.6 Å². The van der Waals surface area contributed by atoms with Crippen molar-refractivity contribution in [3.8, 4) is 11.5 Å². The number of ether oxygens (including phenoxy) is 3. The minimum Gasteiger partial charge on any atom is -0.494 e. The number of hydrogen-bond acceptors (Lipinski definition) is 6. The zero-order chi connectivity index (χ0) is 20.9. The quantitative estimate of drug-likeness (QED) is 0.411. The Morgan fingerprint density at radius 1 is 1.00 bits per heavy atom. The minimum atomic E-state index is -0.440. The van der Waals surface area contributed by atoms with Gasteiger partial charge in [-0.3, -0.25) is 4.79 Å². The van der Waals surface area contributed by atoms with Gasteiger partial charge in [-0.1, -0.05) is 0 Å². The van der Waals surface area contributed by atoms with Gasteiger partial charge < -0.3 is 18.6 Å². The first-order valence-electron chi connectivity index (χ1n) is 10.2. The van der Waals surface area contributed by atoms with E-state index in [2.05, 4.69) is 6.07 Å². The molecular formula is C24H24O6. The Morgan fingerprint density at radius 2 is 1.70 bits per heavy atom. The standard InChI is InChI=1S/C24H24O6/c1-2-27-19-6-8-20(9-7-19)28-11-10-23(25)29-15-18-14-24(26)30-22-13-17-5-3-4-16(17)12-21(18)22/h6-9,12-14H,2-5,10-11,15H2,1H3. The number of esters is 1. The molecule has 0 fully saturated rings. The second kappa shape index (κ2) is 9.03. The number of benzene rings is 2. The number of hydrogen-bond donors (Lipinski definition) is 0. The van der Waals surface area contributed by atoms with E-state index < -0.39 is 5.63 Å². The maximum absolute atomic E-state index is 12.1. The fourth-order valence-electron chi connectivity index (χ4n) is 3.70. The Bertz CT molecular complexity index is 1100. The zero-order valence-corrected chi connectivity index (χ0v) is 16.9. The lowest BCUT2D eigenvalue weighted by atomic mass is 10.0. The third-order valence-corrected chi connectivity index (χ3v) is 5.14. The zero-order valence-electron chi connectivity index (χ0n) is 16.9. The molecule has 4 rings (SSSR count). The summed E-state index contributed by atoms with van der Waals surface area (Å²) in [6.07, 6.45) is 3.24. The van der Waals surface area contributed by atoms with E-state index in [0.717, 1.165) is 30.4 Å². The molecule has 0 saturated heterocycles. The van der Waals surface area contributed by atoms with E-state index in [9.17, 15) is 9.59 Å². The topological polar surface area (TPSA) is 75.0 Å². The monoisotopic (exact) mass is 408 g/mol. The summed E-state index contributed by atoms with van der Waals surface area (Å²) in [5.74, 6) is 1.05. The van der Waals surface area contributed by atoms with Gasteiger partial charge in [-0.15, -0.1) is 0 Å². The molecule has 6 nitrogen and oxygen atoms in total. The molecule has 0 bridgehead atoms. The van der Waals surface area contributed by atoms with Crippen LogP contribution in [0.1, 0.15) is 36.5 Å². The van der Waals surface area contributed by atoms with Crippen LogP contribution in [0.25, 0.3) is 11.0 Å². The highest BCUT2D eigenvalue weighted by molar-refractivity contribution is 5.82. The van der Waals surface area contributed by atoms with Gasteiger partial charge in [-0.05, 0) is 73.7 Å². The van der Waals surface area contributed by atoms with E-state index in [1.165, 1.54) is 17.2 Å². The van der Waals surface area contributed by atoms with Crippen molar-refractivity contribution in [1.82, 2.24) is 0 Å². The van der Waals surface area contributed by atoms with Gasteiger partial charge in [0.15, 0.2) is 0 Å². The van der Waals surface area contributed by atoms with Crippen molar-refractivity contribution in [1.29, 1.82) is 0 Å². The van der Waals surface area contributed by atoms with Gasteiger partial charge in [-0.2, -0.15) is 0 Å². The molecule has 0 spiro atoms. The molecule has 1 heterocycles. The van der Waals surface area contributed by atoms with Crippen molar-refractivity contribution in [2.75, 3.05) is 13.2 Å². The number of rotatable bonds is 8. The van der Waals surface area contributed by atoms with Crippen LogP contribution < -0.4 is 15.1 Å². The van der Waals surface area contributed by atoms with Gasteiger partial charge in [0.1, 0.15) is 23.7 Å². The van der Waals surface area contributed by atoms with Crippen LogP contribution in [-0.2, 0) is 29.0 Å². The Morgan fingerprint density at radius 3 is 2.43 bits per heavy atom. The first kappa shape index (κ1) is 20.0. The predicted molar refractivity (Wildman–Crippen MR) is 112 cm³/mol. The van der Waals surface area contributed by atoms with Crippen LogP contribution in [0.4, 0.5) is 0 Å². The van der Waals surface area contributed by atoms with Gasteiger partial charge in [0.25, 0.3) is 0 Å². The van der Waals surface area contributed by atoms with Crippen molar-refractivity contribution in [3.05, 3.63) is 69.6 Å². The number of fused-ring (bicyclic) bond motifs is 2. The molecule has 0 aliphatic heterocycles. The van der Waals surface area contributed by atoms with Crippen LogP contribution in [0.5, 0.6) is 11.5 Å². The molecule has 2 aromatic carbocycles. The van der Waals surface area contributed by atoms with Gasteiger partial charge >= 0.3 is 11.6 Å². The summed E-state index contributed by atoms with van der Waals surface area (Å²) in [6.45, 7) is 2.77. The van der Waals surface area contributed by atoms with Crippen LogP contribution in [0.2, 0.25) is 0 Å². The fraction of sp³-hybridized carbons (Fsp3) is 0.333. The van der Waals surface area contributed by atoms with E-state index in [4.69, 9.17) is 18.6 Å². The summed E-state index contributed by atoms with van der Waals surface area (Å²) < 4.78 is 21.7. The van der Waals surface area contributed by atoms with Crippen molar-refractivity contribution < 1.29 is 23.4 Å². The largest absolute Gasteiger partial charge is 0.494 e. The number of carbonyl (C=O) groups excluding carboxylic acids is 1. The van der Waals surface area contributed by atoms with E-state index in [-0.39, 0.29) is 25.6 Å². The normalized spacial score (nSPS) is 12.6. The van der Waals surface area contributed by atoms with Gasteiger partial charge in [0, 0.05) is 17.0 Å². The Hall–Kier alpha value is -3.28. The fourth-order valence-corrected chi connectivity index (χ4v) is 3.70. The Balaban J connectivity index is 1.33. The summed E-state index contributed by atoms with van der Waals surface area (Å²) in [5.41, 5.74) is 3.27. The number of aryl methyl sites for hydroxylation is 2. The van der Waals surface area contributed by atoms with Crippen LogP contribution in [0.15, 0.2) is 51.7 Å². The molecule has 30 heavy (non-hydrogen) atoms. The molecule has 0 amide bonds. The lowest BCUT2D eigenvalue weighted by Crippen LogP contribution is -2.11. The van der Waals surface area contributed by atoms with Crippen molar-refractivity contribution in [2.24, 2.45) is 0 Å². The summed E-state index contributed by atoms with van der Waals surface area (Å²) >= 11 is 0. The molecule has 0 atom stereocenters. The van der Waals surface area contributed by atoms with E-state index in [1.54, 1.807) is 12.1 Å². The SMILES string of the molecule is CCOc1ccc(OCCC(=O)OCc2cc(=O)oc3cc4c(cc23)CCC4)cc1. The lowest BCUT2D eigenvalue weighted by Gasteiger charge is -2.10. The van der Waals surface area contributed by atoms with Crippen LogP contribution in [-0.4, -0.2) is 19.2 Å². The van der Waals surface area contributed by atoms with E-state index in [0.29, 0.717) is 23.5 Å². The summed E-state index contributed by atoms with van der Waals surface area (Å²) in [7, 11) is 0. The average molecular weight is 408 g/mol. The van der Waals surface area contributed by atoms with Crippen LogP contribution in [0.3, 0.4) is 0 Å². The molecule has 1 aliphatic carbocycles. The molecule has 0 saturated carbocycles. The highest BCUT2D eigenvalue weighted by Gasteiger charge is 2.16. The van der Waals surface area contributed by atoms with Crippen molar-refractivity contribution >= 4 is 16.9 Å². The second-order valence-electron chi connectivity index (χ2n) is 7.22. The molecule has 156 valence electrons. The van der Waals surface area contributed by atoms with Gasteiger partial charge in [-0.25, -0.2) is 4.79 Å². The minimum absolute atomic E-state index is 0.0305. The molecular weight excluding hydrogens is 384 g/mol. The average Bonchev–Trinajstić information content (AvgIpc) is 3.19. The Labute approximate surface area is 174 Å². The third-order valence-electron chi connectivity index (χ3n) is 5.14. The highest BCUT2D eigenvalue weighted by Crippen LogP contribution is 2.28. The summed E-state index contributed by atoms with van der Waals surface area (Å²) in [6, 6.07) is 12.6.